The van der Waals surface area contributed by atoms with Crippen molar-refractivity contribution in [2.24, 2.45) is 7.05 Å². The molecule has 0 radical (unpaired) electrons. The van der Waals surface area contributed by atoms with Crippen molar-refractivity contribution in [1.29, 1.82) is 0 Å². The van der Waals surface area contributed by atoms with Crippen molar-refractivity contribution in [1.82, 2.24) is 40.5 Å². The third-order valence-electron chi connectivity index (χ3n) is 4.39. The summed E-state index contributed by atoms with van der Waals surface area (Å²) in [6.07, 6.45) is 4.89. The highest BCUT2D eigenvalue weighted by Crippen LogP contribution is 2.35. The van der Waals surface area contributed by atoms with Gasteiger partial charge in [-0.15, -0.1) is 10.2 Å². The van der Waals surface area contributed by atoms with Crippen LogP contribution in [0.25, 0.3) is 11.3 Å². The Bertz CT molecular complexity index is 1240. The smallest absolute Gasteiger partial charge is 0.273 e. The van der Waals surface area contributed by atoms with E-state index in [0.717, 1.165) is 0 Å². The summed E-state index contributed by atoms with van der Waals surface area (Å²) in [5.74, 6) is 1.38. The van der Waals surface area contributed by atoms with E-state index in [1.807, 2.05) is 6.07 Å². The van der Waals surface area contributed by atoms with E-state index in [4.69, 9.17) is 4.74 Å². The fourth-order valence-electron chi connectivity index (χ4n) is 2.94. The lowest BCUT2D eigenvalue weighted by atomic mass is 10.2. The molecule has 0 unspecified atom stereocenters. The van der Waals surface area contributed by atoms with E-state index < -0.39 is 5.91 Å². The van der Waals surface area contributed by atoms with Crippen molar-refractivity contribution >= 4 is 29.0 Å². The van der Waals surface area contributed by atoms with Gasteiger partial charge in [-0.1, -0.05) is 6.07 Å². The van der Waals surface area contributed by atoms with Crippen molar-refractivity contribution in [2.75, 3.05) is 24.8 Å². The SMILES string of the molecule is CNC(=O)c1nnc(Nc2ccccn2)cc1Nc1nccc(-c2cnn(C)n2)c1OC. The first-order valence-corrected chi connectivity index (χ1v) is 9.53. The highest BCUT2D eigenvalue weighted by molar-refractivity contribution is 5.98. The van der Waals surface area contributed by atoms with Gasteiger partial charge in [0.25, 0.3) is 5.91 Å². The van der Waals surface area contributed by atoms with Crippen LogP contribution in [0.5, 0.6) is 5.75 Å². The molecule has 0 aromatic carbocycles. The van der Waals surface area contributed by atoms with Crippen molar-refractivity contribution in [3.05, 3.63) is 54.6 Å². The maximum Gasteiger partial charge on any atom is 0.273 e. The van der Waals surface area contributed by atoms with Crippen LogP contribution in [0.2, 0.25) is 0 Å². The van der Waals surface area contributed by atoms with E-state index in [9.17, 15) is 4.79 Å². The Morgan fingerprint density at radius 2 is 1.94 bits per heavy atom. The summed E-state index contributed by atoms with van der Waals surface area (Å²) >= 11 is 0. The van der Waals surface area contributed by atoms with Crippen LogP contribution in [0.1, 0.15) is 10.5 Å². The minimum atomic E-state index is -0.409. The first kappa shape index (κ1) is 20.7. The van der Waals surface area contributed by atoms with E-state index in [1.165, 1.54) is 19.0 Å². The van der Waals surface area contributed by atoms with E-state index in [1.54, 1.807) is 49.9 Å². The molecular weight excluding hydrogens is 412 g/mol. The molecule has 0 saturated carbocycles. The van der Waals surface area contributed by atoms with Gasteiger partial charge in [0.1, 0.15) is 11.5 Å². The predicted molar refractivity (Wildman–Crippen MR) is 117 cm³/mol. The van der Waals surface area contributed by atoms with Gasteiger partial charge in [-0.05, 0) is 18.2 Å². The summed E-state index contributed by atoms with van der Waals surface area (Å²) in [4.78, 5) is 22.4. The second-order valence-corrected chi connectivity index (χ2v) is 6.50. The highest BCUT2D eigenvalue weighted by Gasteiger charge is 2.19. The second kappa shape index (κ2) is 9.04. The number of hydrogen-bond donors (Lipinski definition) is 3. The largest absolute Gasteiger partial charge is 0.492 e. The van der Waals surface area contributed by atoms with Crippen molar-refractivity contribution in [3.63, 3.8) is 0 Å². The minimum absolute atomic E-state index is 0.0906. The third kappa shape index (κ3) is 4.28. The van der Waals surface area contributed by atoms with Gasteiger partial charge < -0.3 is 20.7 Å². The molecule has 0 bridgehead atoms. The number of pyridine rings is 2. The Morgan fingerprint density at radius 1 is 1.06 bits per heavy atom. The maximum absolute atomic E-state index is 12.4. The normalized spacial score (nSPS) is 10.5. The first-order valence-electron chi connectivity index (χ1n) is 9.53. The molecule has 12 nitrogen and oxygen atoms in total. The lowest BCUT2D eigenvalue weighted by molar-refractivity contribution is 0.0958. The summed E-state index contributed by atoms with van der Waals surface area (Å²) in [7, 11) is 4.77. The summed E-state index contributed by atoms with van der Waals surface area (Å²) < 4.78 is 5.60. The first-order chi connectivity index (χ1) is 15.6. The number of methoxy groups -OCH3 is 1. The van der Waals surface area contributed by atoms with Crippen LogP contribution in [-0.4, -0.2) is 55.2 Å². The number of amides is 1. The number of hydrogen-bond acceptors (Lipinski definition) is 10. The van der Waals surface area contributed by atoms with E-state index >= 15 is 0 Å². The predicted octanol–water partition coefficient (Wildman–Crippen LogP) is 1.92. The number of aryl methyl sites for hydroxylation is 1. The van der Waals surface area contributed by atoms with Crippen LogP contribution < -0.4 is 20.7 Å². The van der Waals surface area contributed by atoms with Gasteiger partial charge in [0.05, 0.1) is 24.6 Å². The molecule has 4 heterocycles. The number of carbonyl (C=O) groups excluding carboxylic acids is 1. The fraction of sp³-hybridized carbons (Fsp3) is 0.150. The number of aromatic nitrogens is 7. The molecular formula is C20H20N10O2. The van der Waals surface area contributed by atoms with Gasteiger partial charge in [-0.2, -0.15) is 15.0 Å². The van der Waals surface area contributed by atoms with E-state index in [-0.39, 0.29) is 5.69 Å². The second-order valence-electron chi connectivity index (χ2n) is 6.50. The Balaban J connectivity index is 1.74. The minimum Gasteiger partial charge on any atom is -0.492 e. The number of nitrogens with zero attached hydrogens (tertiary/aromatic N) is 7. The van der Waals surface area contributed by atoms with Crippen LogP contribution in [-0.2, 0) is 7.05 Å². The quantitative estimate of drug-likeness (QED) is 0.396. The summed E-state index contributed by atoms with van der Waals surface area (Å²) in [6.45, 7) is 0. The molecule has 0 spiro atoms. The summed E-state index contributed by atoms with van der Waals surface area (Å²) in [5.41, 5.74) is 1.77. The van der Waals surface area contributed by atoms with Crippen LogP contribution in [0.15, 0.2) is 48.9 Å². The number of carbonyl (C=O) groups is 1. The molecule has 1 amide bonds. The third-order valence-corrected chi connectivity index (χ3v) is 4.39. The van der Waals surface area contributed by atoms with E-state index in [2.05, 4.69) is 46.3 Å². The Kier molecular flexibility index (Phi) is 5.83. The maximum atomic E-state index is 12.4. The van der Waals surface area contributed by atoms with Gasteiger partial charge in [-0.3, -0.25) is 4.79 Å². The number of nitrogens with one attached hydrogen (secondary N) is 3. The zero-order valence-electron chi connectivity index (χ0n) is 17.6. The topological polar surface area (TPSA) is 145 Å². The standard InChI is InChI=1S/C20H20N10O2/c1-21-20(31)17-13(10-16(27-28-17)26-15-6-4-5-8-22-15)25-19-18(32-3)12(7-9-23-19)14-11-24-30(2)29-14/h4-11H,1-3H3,(H,21,31)(H2,22,23,25,26,27). The molecule has 0 fully saturated rings. The molecule has 4 aromatic heterocycles. The molecule has 32 heavy (non-hydrogen) atoms. The summed E-state index contributed by atoms with van der Waals surface area (Å²) in [5, 5.41) is 25.3. The lowest BCUT2D eigenvalue weighted by Gasteiger charge is -2.15. The van der Waals surface area contributed by atoms with Gasteiger partial charge in [0.15, 0.2) is 23.1 Å². The summed E-state index contributed by atoms with van der Waals surface area (Å²) in [6, 6.07) is 8.85. The average Bonchev–Trinajstić information content (AvgIpc) is 3.25. The molecule has 3 N–H and O–H groups in total. The number of rotatable bonds is 7. The zero-order valence-corrected chi connectivity index (χ0v) is 17.6. The van der Waals surface area contributed by atoms with Crippen LogP contribution in [0.3, 0.4) is 0 Å². The van der Waals surface area contributed by atoms with Gasteiger partial charge in [0.2, 0.25) is 0 Å². The molecule has 0 aliphatic rings. The van der Waals surface area contributed by atoms with Gasteiger partial charge >= 0.3 is 0 Å². The number of anilines is 4. The van der Waals surface area contributed by atoms with Crippen LogP contribution in [0.4, 0.5) is 23.1 Å². The molecule has 0 aliphatic heterocycles. The Labute approximate surface area is 183 Å². The van der Waals surface area contributed by atoms with Crippen molar-refractivity contribution in [3.8, 4) is 17.0 Å². The molecule has 12 heteroatoms. The van der Waals surface area contributed by atoms with Crippen molar-refractivity contribution in [2.45, 2.75) is 0 Å². The van der Waals surface area contributed by atoms with Gasteiger partial charge in [-0.25, -0.2) is 9.97 Å². The Morgan fingerprint density at radius 3 is 2.62 bits per heavy atom. The zero-order chi connectivity index (χ0) is 22.5. The fourth-order valence-corrected chi connectivity index (χ4v) is 2.94. The molecule has 0 aliphatic carbocycles. The highest BCUT2D eigenvalue weighted by atomic mass is 16.5. The Hall–Kier alpha value is -4.61. The lowest BCUT2D eigenvalue weighted by Crippen LogP contribution is -2.21. The van der Waals surface area contributed by atoms with Gasteiger partial charge in [0, 0.05) is 32.6 Å². The van der Waals surface area contributed by atoms with E-state index in [0.29, 0.717) is 40.1 Å². The number of ether oxygens (including phenoxy) is 1. The van der Waals surface area contributed by atoms with Crippen LogP contribution in [0, 0.1) is 0 Å². The average molecular weight is 432 g/mol. The van der Waals surface area contributed by atoms with Crippen molar-refractivity contribution < 1.29 is 9.53 Å². The van der Waals surface area contributed by atoms with Crippen LogP contribution >= 0.6 is 0 Å². The molecule has 0 saturated heterocycles. The molecule has 0 atom stereocenters. The molecule has 162 valence electrons. The monoisotopic (exact) mass is 432 g/mol. The molecule has 4 rings (SSSR count). The molecule has 4 aromatic rings.